The molecule has 1 aromatic rings. The molecule has 0 fully saturated rings. The number of alkyl halides is 2. The third-order valence-electron chi connectivity index (χ3n) is 2.34. The van der Waals surface area contributed by atoms with Crippen molar-refractivity contribution >= 4 is 22.9 Å². The number of amidine groups is 1. The fourth-order valence-electron chi connectivity index (χ4n) is 1.50. The van der Waals surface area contributed by atoms with Gasteiger partial charge in [0.05, 0.1) is 0 Å². The van der Waals surface area contributed by atoms with E-state index in [0.717, 1.165) is 22.7 Å². The van der Waals surface area contributed by atoms with Crippen LogP contribution in [0.2, 0.25) is 0 Å². The number of hydrogen-bond donors (Lipinski definition) is 0. The van der Waals surface area contributed by atoms with Crippen molar-refractivity contribution in [1.29, 1.82) is 0 Å². The van der Waals surface area contributed by atoms with E-state index in [4.69, 9.17) is 0 Å². The molecule has 2 rings (SSSR count). The summed E-state index contributed by atoms with van der Waals surface area (Å²) in [6.45, 7) is 1.94. The first kappa shape index (κ1) is 10.4. The summed E-state index contributed by atoms with van der Waals surface area (Å²) >= 11 is 1.19. The van der Waals surface area contributed by atoms with Gasteiger partial charge in [-0.25, -0.2) is 0 Å². The second-order valence-corrected chi connectivity index (χ2v) is 6.39. The molecule has 2 heterocycles. The van der Waals surface area contributed by atoms with Crippen molar-refractivity contribution < 1.29 is 25.6 Å². The normalized spacial score (nSPS) is 21.0. The fraction of sp³-hybridized carbons (Fsp3) is 0.444. The van der Waals surface area contributed by atoms with Crippen LogP contribution < -0.4 is 21.2 Å². The van der Waals surface area contributed by atoms with E-state index >= 15 is 0 Å². The number of rotatable bonds is 1. The van der Waals surface area contributed by atoms with Crippen molar-refractivity contribution in [3.63, 3.8) is 0 Å². The molecule has 14 heavy (non-hydrogen) atoms. The van der Waals surface area contributed by atoms with Gasteiger partial charge in [-0.1, -0.05) is 0 Å². The second-order valence-electron chi connectivity index (χ2n) is 3.14. The van der Waals surface area contributed by atoms with Crippen molar-refractivity contribution in [1.82, 2.24) is 4.90 Å². The van der Waals surface area contributed by atoms with Crippen LogP contribution in [0.15, 0.2) is 10.4 Å². The predicted molar refractivity (Wildman–Crippen MR) is 53.5 cm³/mol. The van der Waals surface area contributed by atoms with E-state index in [1.165, 1.54) is 0 Å². The Labute approximate surface area is 97.1 Å². The Hall–Kier alpha value is -0.170. The van der Waals surface area contributed by atoms with E-state index in [9.17, 15) is 4.39 Å². The topological polar surface area (TPSA) is 15.6 Å². The maximum atomic E-state index is 13.3. The molecule has 78 valence electrons. The molecular formula is C9H11FIN2S-. The van der Waals surface area contributed by atoms with Crippen LogP contribution in [0, 0.1) is 5.13 Å². The SMILES string of the molecule is C[I-]C1c2csc(F)c2N=C(C)N1C. The van der Waals surface area contributed by atoms with Crippen LogP contribution in [0.5, 0.6) is 0 Å². The summed E-state index contributed by atoms with van der Waals surface area (Å²) in [4.78, 5) is 8.65. The Bertz CT molecular complexity index is 388. The van der Waals surface area contributed by atoms with Crippen molar-refractivity contribution in [3.8, 4) is 0 Å². The van der Waals surface area contributed by atoms with Crippen LogP contribution in [0.25, 0.3) is 0 Å². The fourth-order valence-corrected chi connectivity index (χ4v) is 4.87. The third kappa shape index (κ3) is 1.46. The monoisotopic (exact) mass is 325 g/mol. The number of nitrogens with zero attached hydrogens (tertiary/aromatic N) is 2. The second kappa shape index (κ2) is 3.77. The van der Waals surface area contributed by atoms with Gasteiger partial charge >= 0.3 is 97.4 Å². The Morgan fingerprint density at radius 1 is 1.64 bits per heavy atom. The van der Waals surface area contributed by atoms with Gasteiger partial charge in [0.2, 0.25) is 0 Å². The number of hydrogen-bond acceptors (Lipinski definition) is 3. The molecule has 1 aliphatic rings. The van der Waals surface area contributed by atoms with Crippen molar-refractivity contribution in [3.05, 3.63) is 16.1 Å². The molecule has 0 bridgehead atoms. The van der Waals surface area contributed by atoms with Crippen LogP contribution in [0.4, 0.5) is 10.1 Å². The molecule has 1 unspecified atom stereocenters. The van der Waals surface area contributed by atoms with Gasteiger partial charge in [0, 0.05) is 0 Å². The standard InChI is InChI=1S/C9H11FIN2S/c1-5-12-7-6(4-14-8(7)10)9(11-2)13(5)3/h4,9H,1-3H3/q-1. The molecule has 0 saturated carbocycles. The summed E-state index contributed by atoms with van der Waals surface area (Å²) < 4.78 is 13.7. The molecule has 2 nitrogen and oxygen atoms in total. The number of aliphatic imine (C=N–C) groups is 1. The third-order valence-corrected chi connectivity index (χ3v) is 5.79. The minimum atomic E-state index is -0.144. The van der Waals surface area contributed by atoms with Crippen LogP contribution in [-0.2, 0) is 0 Å². The average Bonchev–Trinajstić information content (AvgIpc) is 2.51. The van der Waals surface area contributed by atoms with E-state index in [1.54, 1.807) is 0 Å². The summed E-state index contributed by atoms with van der Waals surface area (Å²) in [5, 5.41) is 1.76. The van der Waals surface area contributed by atoms with Gasteiger partial charge in [-0.3, -0.25) is 0 Å². The van der Waals surface area contributed by atoms with E-state index < -0.39 is 0 Å². The minimum absolute atomic E-state index is 0.0283. The molecule has 1 aliphatic heterocycles. The van der Waals surface area contributed by atoms with Crippen LogP contribution in [-0.4, -0.2) is 22.7 Å². The van der Waals surface area contributed by atoms with E-state index in [2.05, 4.69) is 14.8 Å². The van der Waals surface area contributed by atoms with E-state index in [-0.39, 0.29) is 26.3 Å². The molecule has 0 saturated heterocycles. The zero-order valence-corrected chi connectivity index (χ0v) is 11.2. The first-order chi connectivity index (χ1) is 6.65. The summed E-state index contributed by atoms with van der Waals surface area (Å²) in [6.07, 6.45) is 0. The molecular weight excluding hydrogens is 314 g/mol. The van der Waals surface area contributed by atoms with Gasteiger partial charge in [-0.05, 0) is 0 Å². The summed E-state index contributed by atoms with van der Waals surface area (Å²) in [5.74, 6) is 0.918. The summed E-state index contributed by atoms with van der Waals surface area (Å²) in [5.41, 5.74) is 1.66. The molecule has 0 aliphatic carbocycles. The number of fused-ring (bicyclic) bond motifs is 1. The van der Waals surface area contributed by atoms with Gasteiger partial charge < -0.3 is 0 Å². The van der Waals surface area contributed by atoms with Gasteiger partial charge in [-0.2, -0.15) is 0 Å². The van der Waals surface area contributed by atoms with Gasteiger partial charge in [0.25, 0.3) is 0 Å². The van der Waals surface area contributed by atoms with Gasteiger partial charge in [0.15, 0.2) is 0 Å². The zero-order chi connectivity index (χ0) is 10.3. The maximum absolute atomic E-state index is 13.3. The van der Waals surface area contributed by atoms with E-state index in [0.29, 0.717) is 9.74 Å². The number of thiophene rings is 1. The average molecular weight is 325 g/mol. The van der Waals surface area contributed by atoms with Crippen molar-refractivity contribution in [2.75, 3.05) is 12.0 Å². The Kier molecular flexibility index (Phi) is 2.79. The van der Waals surface area contributed by atoms with Crippen molar-refractivity contribution in [2.45, 2.75) is 11.0 Å². The number of halogens is 2. The molecule has 1 atom stereocenters. The van der Waals surface area contributed by atoms with Crippen molar-refractivity contribution in [2.24, 2.45) is 4.99 Å². The Balaban J connectivity index is 2.54. The Morgan fingerprint density at radius 3 is 3.00 bits per heavy atom. The molecule has 1 aromatic heterocycles. The zero-order valence-electron chi connectivity index (χ0n) is 8.21. The predicted octanol–water partition coefficient (Wildman–Crippen LogP) is -0.400. The molecule has 0 amide bonds. The van der Waals surface area contributed by atoms with Crippen LogP contribution >= 0.6 is 11.3 Å². The quantitative estimate of drug-likeness (QED) is 0.390. The molecule has 0 radical (unpaired) electrons. The first-order valence-corrected chi connectivity index (χ1v) is 8.46. The van der Waals surface area contributed by atoms with Gasteiger partial charge in [0.1, 0.15) is 0 Å². The molecule has 0 spiro atoms. The van der Waals surface area contributed by atoms with Crippen LogP contribution in [0.3, 0.4) is 0 Å². The molecule has 5 heteroatoms. The summed E-state index contributed by atoms with van der Waals surface area (Å²) in [6, 6.07) is 0. The van der Waals surface area contributed by atoms with Crippen LogP contribution in [0.1, 0.15) is 16.5 Å². The first-order valence-electron chi connectivity index (χ1n) is 4.18. The van der Waals surface area contributed by atoms with Gasteiger partial charge in [-0.15, -0.1) is 0 Å². The summed E-state index contributed by atoms with van der Waals surface area (Å²) in [7, 11) is 2.03. The van der Waals surface area contributed by atoms with E-state index in [1.807, 2.05) is 19.4 Å². The Morgan fingerprint density at radius 2 is 2.36 bits per heavy atom. The molecule has 0 aromatic carbocycles. The molecule has 0 N–H and O–H groups in total.